The molecule has 0 bridgehead atoms. The van der Waals surface area contributed by atoms with E-state index in [0.29, 0.717) is 5.56 Å². The second-order valence-corrected chi connectivity index (χ2v) is 4.09. The van der Waals surface area contributed by atoms with Crippen molar-refractivity contribution in [3.05, 3.63) is 52.6 Å². The summed E-state index contributed by atoms with van der Waals surface area (Å²) in [6.07, 6.45) is 1.38. The molecule has 0 saturated heterocycles. The molecule has 0 radical (unpaired) electrons. The number of carbonyl (C=O) groups is 2. The number of aliphatic carboxylic acids is 1. The zero-order chi connectivity index (χ0) is 15.1. The number of hydrogen-bond donors (Lipinski definition) is 2. The maximum absolute atomic E-state index is 11.7. The summed E-state index contributed by atoms with van der Waals surface area (Å²) < 4.78 is 0. The molecule has 1 aromatic rings. The molecule has 1 aromatic carbocycles. The maximum atomic E-state index is 11.7. The van der Waals surface area contributed by atoms with Crippen LogP contribution < -0.4 is 5.32 Å². The topological polar surface area (TPSA) is 110 Å². The van der Waals surface area contributed by atoms with Gasteiger partial charge in [-0.3, -0.25) is 14.9 Å². The van der Waals surface area contributed by atoms with Gasteiger partial charge in [0.15, 0.2) is 0 Å². The number of rotatable bonds is 7. The summed E-state index contributed by atoms with van der Waals surface area (Å²) in [6.45, 7) is 3.42. The highest BCUT2D eigenvalue weighted by atomic mass is 16.6. The third kappa shape index (κ3) is 4.52. The fraction of sp³-hybridized carbons (Fsp3) is 0.231. The van der Waals surface area contributed by atoms with Crippen LogP contribution in [0.5, 0.6) is 0 Å². The Hall–Kier alpha value is -2.70. The molecule has 20 heavy (non-hydrogen) atoms. The number of amides is 1. The van der Waals surface area contributed by atoms with Crippen LogP contribution in [-0.4, -0.2) is 27.9 Å². The lowest BCUT2D eigenvalue weighted by Gasteiger charge is -2.12. The molecule has 0 spiro atoms. The first-order valence-electron chi connectivity index (χ1n) is 5.80. The molecule has 2 N–H and O–H groups in total. The standard InChI is InChI=1S/C13H14N2O5/c1-2-4-11(13(17)18)14-12(16)8-9-5-3-6-10(7-9)15(19)20/h2-3,5-7,11H,1,4,8H2,(H,14,16)(H,17,18)/t11-/m1/s1. The fourth-order valence-electron chi connectivity index (χ4n) is 1.60. The van der Waals surface area contributed by atoms with Crippen LogP contribution in [0, 0.1) is 10.1 Å². The maximum Gasteiger partial charge on any atom is 0.326 e. The van der Waals surface area contributed by atoms with E-state index < -0.39 is 22.8 Å². The summed E-state index contributed by atoms with van der Waals surface area (Å²) in [5.41, 5.74) is 0.329. The van der Waals surface area contributed by atoms with Crippen molar-refractivity contribution < 1.29 is 19.6 Å². The van der Waals surface area contributed by atoms with E-state index in [4.69, 9.17) is 5.11 Å². The van der Waals surface area contributed by atoms with Gasteiger partial charge in [-0.15, -0.1) is 6.58 Å². The molecule has 0 unspecified atom stereocenters. The van der Waals surface area contributed by atoms with Gasteiger partial charge in [-0.2, -0.15) is 0 Å². The van der Waals surface area contributed by atoms with Gasteiger partial charge < -0.3 is 10.4 Å². The van der Waals surface area contributed by atoms with Crippen molar-refractivity contribution in [2.24, 2.45) is 0 Å². The second-order valence-electron chi connectivity index (χ2n) is 4.09. The second kappa shape index (κ2) is 7.03. The Balaban J connectivity index is 2.70. The minimum atomic E-state index is -1.16. The Morgan fingerprint density at radius 1 is 1.50 bits per heavy atom. The number of nitrogens with one attached hydrogen (secondary N) is 1. The van der Waals surface area contributed by atoms with Gasteiger partial charge in [0.1, 0.15) is 6.04 Å². The average Bonchev–Trinajstić information content (AvgIpc) is 2.38. The van der Waals surface area contributed by atoms with E-state index >= 15 is 0 Å². The molecule has 106 valence electrons. The van der Waals surface area contributed by atoms with E-state index in [1.54, 1.807) is 6.07 Å². The molecule has 0 aliphatic rings. The van der Waals surface area contributed by atoms with Crippen molar-refractivity contribution in [2.45, 2.75) is 18.9 Å². The first kappa shape index (κ1) is 15.4. The summed E-state index contributed by atoms with van der Waals surface area (Å²) >= 11 is 0. The SMILES string of the molecule is C=CC[C@@H](NC(=O)Cc1cccc([N+](=O)[O-])c1)C(=O)O. The van der Waals surface area contributed by atoms with Crippen molar-refractivity contribution in [2.75, 3.05) is 0 Å². The molecule has 7 heteroatoms. The van der Waals surface area contributed by atoms with Gasteiger partial charge in [0.2, 0.25) is 5.91 Å². The highest BCUT2D eigenvalue weighted by Gasteiger charge is 2.18. The fourth-order valence-corrected chi connectivity index (χ4v) is 1.60. The molecule has 1 rings (SSSR count). The Morgan fingerprint density at radius 2 is 2.20 bits per heavy atom. The molecule has 0 saturated carbocycles. The molecule has 7 nitrogen and oxygen atoms in total. The minimum absolute atomic E-state index is 0.107. The molecule has 0 fully saturated rings. The summed E-state index contributed by atoms with van der Waals surface area (Å²) in [5, 5.41) is 21.8. The molecule has 0 aromatic heterocycles. The van der Waals surface area contributed by atoms with E-state index in [9.17, 15) is 19.7 Å². The van der Waals surface area contributed by atoms with Crippen LogP contribution >= 0.6 is 0 Å². The van der Waals surface area contributed by atoms with Crippen LogP contribution in [-0.2, 0) is 16.0 Å². The molecule has 0 aliphatic heterocycles. The summed E-state index contributed by atoms with van der Waals surface area (Å²) in [5.74, 6) is -1.67. The van der Waals surface area contributed by atoms with Gasteiger partial charge in [-0.05, 0) is 12.0 Å². The first-order chi connectivity index (χ1) is 9.43. The number of carboxylic acid groups (broad SMARTS) is 1. The minimum Gasteiger partial charge on any atom is -0.480 e. The lowest BCUT2D eigenvalue weighted by molar-refractivity contribution is -0.384. The van der Waals surface area contributed by atoms with Gasteiger partial charge in [0.25, 0.3) is 5.69 Å². The molecule has 1 amide bonds. The molecular weight excluding hydrogens is 264 g/mol. The number of hydrogen-bond acceptors (Lipinski definition) is 4. The van der Waals surface area contributed by atoms with Crippen molar-refractivity contribution in [3.63, 3.8) is 0 Å². The number of non-ortho nitro benzene ring substituents is 1. The van der Waals surface area contributed by atoms with Crippen LogP contribution in [0.1, 0.15) is 12.0 Å². The summed E-state index contributed by atoms with van der Waals surface area (Å²) in [4.78, 5) is 32.6. The first-order valence-corrected chi connectivity index (χ1v) is 5.80. The van der Waals surface area contributed by atoms with Gasteiger partial charge in [-0.25, -0.2) is 4.79 Å². The van der Waals surface area contributed by atoms with E-state index in [1.807, 2.05) is 0 Å². The van der Waals surface area contributed by atoms with E-state index in [0.717, 1.165) is 0 Å². The van der Waals surface area contributed by atoms with Crippen LogP contribution in [0.15, 0.2) is 36.9 Å². The Labute approximate surface area is 115 Å². The summed E-state index contributed by atoms with van der Waals surface area (Å²) in [7, 11) is 0. The normalized spacial score (nSPS) is 11.4. The van der Waals surface area contributed by atoms with Crippen molar-refractivity contribution in [1.29, 1.82) is 0 Å². The monoisotopic (exact) mass is 278 g/mol. The lowest BCUT2D eigenvalue weighted by Crippen LogP contribution is -2.41. The molecular formula is C13H14N2O5. The van der Waals surface area contributed by atoms with Crippen molar-refractivity contribution in [1.82, 2.24) is 5.32 Å². The zero-order valence-electron chi connectivity index (χ0n) is 10.6. The Bertz CT molecular complexity index is 541. The lowest BCUT2D eigenvalue weighted by atomic mass is 10.1. The molecule has 0 heterocycles. The largest absolute Gasteiger partial charge is 0.480 e. The Morgan fingerprint density at radius 3 is 2.75 bits per heavy atom. The number of carbonyl (C=O) groups excluding carboxylic acids is 1. The average molecular weight is 278 g/mol. The highest BCUT2D eigenvalue weighted by Crippen LogP contribution is 2.13. The van der Waals surface area contributed by atoms with Crippen LogP contribution in [0.25, 0.3) is 0 Å². The predicted molar refractivity (Wildman–Crippen MR) is 71.2 cm³/mol. The van der Waals surface area contributed by atoms with Gasteiger partial charge in [0.05, 0.1) is 11.3 Å². The van der Waals surface area contributed by atoms with Gasteiger partial charge >= 0.3 is 5.97 Å². The predicted octanol–water partition coefficient (Wildman–Crippen LogP) is 1.28. The van der Waals surface area contributed by atoms with E-state index in [1.165, 1.54) is 24.3 Å². The third-order valence-electron chi connectivity index (χ3n) is 2.52. The summed E-state index contributed by atoms with van der Waals surface area (Å²) in [6, 6.07) is 4.59. The number of benzene rings is 1. The number of nitro groups is 1. The highest BCUT2D eigenvalue weighted by molar-refractivity contribution is 5.85. The number of carboxylic acids is 1. The zero-order valence-corrected chi connectivity index (χ0v) is 10.6. The van der Waals surface area contributed by atoms with Crippen LogP contribution in [0.4, 0.5) is 5.69 Å². The van der Waals surface area contributed by atoms with Gasteiger partial charge in [0, 0.05) is 12.1 Å². The van der Waals surface area contributed by atoms with Crippen LogP contribution in [0.3, 0.4) is 0 Å². The smallest absolute Gasteiger partial charge is 0.326 e. The van der Waals surface area contributed by atoms with Gasteiger partial charge in [-0.1, -0.05) is 18.2 Å². The van der Waals surface area contributed by atoms with Crippen LogP contribution in [0.2, 0.25) is 0 Å². The van der Waals surface area contributed by atoms with Crippen molar-refractivity contribution in [3.8, 4) is 0 Å². The van der Waals surface area contributed by atoms with E-state index in [-0.39, 0.29) is 18.5 Å². The Kier molecular flexibility index (Phi) is 5.40. The number of nitrogens with zero attached hydrogens (tertiary/aromatic N) is 1. The molecule has 0 aliphatic carbocycles. The number of nitro benzene ring substituents is 1. The molecule has 1 atom stereocenters. The van der Waals surface area contributed by atoms with Crippen molar-refractivity contribution >= 4 is 17.6 Å². The quantitative estimate of drug-likeness (QED) is 0.443. The van der Waals surface area contributed by atoms with E-state index in [2.05, 4.69) is 11.9 Å². The third-order valence-corrected chi connectivity index (χ3v) is 2.52.